The largest absolute Gasteiger partial charge is 0.465 e. The van der Waals surface area contributed by atoms with Crippen LogP contribution in [-0.4, -0.2) is 35.6 Å². The van der Waals surface area contributed by atoms with Crippen LogP contribution in [0.3, 0.4) is 0 Å². The van der Waals surface area contributed by atoms with Crippen LogP contribution in [0, 0.1) is 23.7 Å². The number of hydrogen-bond acceptors (Lipinski definition) is 1. The summed E-state index contributed by atoms with van der Waals surface area (Å²) in [6.45, 7) is 0.644. The summed E-state index contributed by atoms with van der Waals surface area (Å²) in [6, 6.07) is 0. The first-order valence-corrected chi connectivity index (χ1v) is 6.15. The average Bonchev–Trinajstić information content (AvgIpc) is 2.28. The van der Waals surface area contributed by atoms with Gasteiger partial charge in [0.15, 0.2) is 0 Å². The van der Waals surface area contributed by atoms with Crippen LogP contribution in [0.1, 0.15) is 25.7 Å². The summed E-state index contributed by atoms with van der Waals surface area (Å²) >= 11 is 5.51. The lowest BCUT2D eigenvalue weighted by molar-refractivity contribution is 0.142. The standard InChI is InChI=1S/C12H18ClNO2/c1-14(12(15)16)9-11-6-4-10(5-7-11)3-2-8-13/h10-11H,4-9H2,1H3,(H,15,16). The maximum atomic E-state index is 10.7. The van der Waals surface area contributed by atoms with Gasteiger partial charge >= 0.3 is 6.09 Å². The van der Waals surface area contributed by atoms with Gasteiger partial charge in [0.2, 0.25) is 0 Å². The summed E-state index contributed by atoms with van der Waals surface area (Å²) < 4.78 is 0. The third kappa shape index (κ3) is 4.32. The molecule has 16 heavy (non-hydrogen) atoms. The van der Waals surface area contributed by atoms with E-state index < -0.39 is 6.09 Å². The Bertz CT molecular complexity index is 287. The van der Waals surface area contributed by atoms with Crippen LogP contribution < -0.4 is 0 Å². The molecule has 0 unspecified atom stereocenters. The Labute approximate surface area is 102 Å². The van der Waals surface area contributed by atoms with E-state index in [-0.39, 0.29) is 0 Å². The maximum absolute atomic E-state index is 10.7. The van der Waals surface area contributed by atoms with Crippen molar-refractivity contribution in [1.82, 2.24) is 4.90 Å². The van der Waals surface area contributed by atoms with Crippen LogP contribution in [0.4, 0.5) is 4.79 Å². The molecule has 0 aliphatic heterocycles. The normalized spacial score (nSPS) is 24.4. The average molecular weight is 244 g/mol. The molecule has 4 heteroatoms. The highest BCUT2D eigenvalue weighted by molar-refractivity contribution is 6.19. The Morgan fingerprint density at radius 1 is 1.44 bits per heavy atom. The highest BCUT2D eigenvalue weighted by Gasteiger charge is 2.22. The Kier molecular flexibility index (Phi) is 5.48. The first-order valence-electron chi connectivity index (χ1n) is 5.62. The van der Waals surface area contributed by atoms with Crippen LogP contribution in [-0.2, 0) is 0 Å². The van der Waals surface area contributed by atoms with E-state index in [1.54, 1.807) is 7.05 Å². The summed E-state index contributed by atoms with van der Waals surface area (Å²) in [7, 11) is 1.63. The van der Waals surface area contributed by atoms with Crippen LogP contribution in [0.5, 0.6) is 0 Å². The van der Waals surface area contributed by atoms with Crippen LogP contribution >= 0.6 is 11.6 Å². The smallest absolute Gasteiger partial charge is 0.407 e. The molecule has 0 atom stereocenters. The van der Waals surface area contributed by atoms with Gasteiger partial charge in [0.1, 0.15) is 0 Å². The van der Waals surface area contributed by atoms with Crippen molar-refractivity contribution in [2.75, 3.05) is 19.5 Å². The van der Waals surface area contributed by atoms with E-state index in [2.05, 4.69) is 11.8 Å². The molecule has 1 aliphatic carbocycles. The number of halogens is 1. The number of nitrogens with zero attached hydrogens (tertiary/aromatic N) is 1. The molecule has 0 spiro atoms. The Hall–Kier alpha value is -0.880. The molecule has 0 aromatic carbocycles. The van der Waals surface area contributed by atoms with Gasteiger partial charge in [0.25, 0.3) is 0 Å². The van der Waals surface area contributed by atoms with E-state index in [9.17, 15) is 4.79 Å². The van der Waals surface area contributed by atoms with Crippen molar-refractivity contribution in [2.45, 2.75) is 25.7 Å². The zero-order valence-electron chi connectivity index (χ0n) is 9.58. The first-order chi connectivity index (χ1) is 7.63. The van der Waals surface area contributed by atoms with Gasteiger partial charge in [-0.05, 0) is 31.6 Å². The number of alkyl halides is 1. The third-order valence-electron chi connectivity index (χ3n) is 3.08. The van der Waals surface area contributed by atoms with E-state index in [0.717, 1.165) is 25.7 Å². The minimum Gasteiger partial charge on any atom is -0.465 e. The highest BCUT2D eigenvalue weighted by Crippen LogP contribution is 2.28. The predicted octanol–water partition coefficient (Wildman–Crippen LogP) is 2.64. The SMILES string of the molecule is CN(CC1CCC(C#CCCl)CC1)C(=O)O. The summed E-state index contributed by atoms with van der Waals surface area (Å²) in [5, 5.41) is 8.77. The van der Waals surface area contributed by atoms with E-state index in [0.29, 0.717) is 24.3 Å². The van der Waals surface area contributed by atoms with Crippen LogP contribution in [0.25, 0.3) is 0 Å². The first kappa shape index (κ1) is 13.2. The van der Waals surface area contributed by atoms with Gasteiger partial charge in [-0.25, -0.2) is 4.79 Å². The zero-order chi connectivity index (χ0) is 12.0. The fourth-order valence-corrected chi connectivity index (χ4v) is 2.21. The molecule has 1 saturated carbocycles. The monoisotopic (exact) mass is 243 g/mol. The quantitative estimate of drug-likeness (QED) is 0.598. The van der Waals surface area contributed by atoms with E-state index in [4.69, 9.17) is 16.7 Å². The second kappa shape index (κ2) is 6.65. The fraction of sp³-hybridized carbons (Fsp3) is 0.750. The minimum atomic E-state index is -0.843. The molecule has 1 aliphatic rings. The molecule has 90 valence electrons. The maximum Gasteiger partial charge on any atom is 0.407 e. The van der Waals surface area contributed by atoms with Crippen molar-refractivity contribution < 1.29 is 9.90 Å². The molecule has 0 aromatic rings. The predicted molar refractivity (Wildman–Crippen MR) is 64.6 cm³/mol. The summed E-state index contributed by atoms with van der Waals surface area (Å²) in [4.78, 5) is 12.0. The van der Waals surface area contributed by atoms with Crippen molar-refractivity contribution in [3.8, 4) is 11.8 Å². The molecule has 1 amide bonds. The Balaban J connectivity index is 2.29. The number of amides is 1. The summed E-state index contributed by atoms with van der Waals surface area (Å²) in [5.41, 5.74) is 0. The fourth-order valence-electron chi connectivity index (χ4n) is 2.14. The van der Waals surface area contributed by atoms with E-state index in [1.165, 1.54) is 4.90 Å². The topological polar surface area (TPSA) is 40.5 Å². The second-order valence-electron chi connectivity index (χ2n) is 4.34. The number of carbonyl (C=O) groups is 1. The van der Waals surface area contributed by atoms with Crippen molar-refractivity contribution in [2.24, 2.45) is 11.8 Å². The number of rotatable bonds is 2. The van der Waals surface area contributed by atoms with Crippen molar-refractivity contribution >= 4 is 17.7 Å². The molecular weight excluding hydrogens is 226 g/mol. The van der Waals surface area contributed by atoms with Gasteiger partial charge in [0.05, 0.1) is 5.88 Å². The molecular formula is C12H18ClNO2. The number of carboxylic acid groups (broad SMARTS) is 1. The molecule has 1 N–H and O–H groups in total. The van der Waals surface area contributed by atoms with E-state index >= 15 is 0 Å². The molecule has 3 nitrogen and oxygen atoms in total. The Morgan fingerprint density at radius 2 is 2.06 bits per heavy atom. The lowest BCUT2D eigenvalue weighted by atomic mass is 9.82. The van der Waals surface area contributed by atoms with Gasteiger partial charge in [-0.2, -0.15) is 0 Å². The lowest BCUT2D eigenvalue weighted by Gasteiger charge is -2.28. The third-order valence-corrected chi connectivity index (χ3v) is 3.21. The zero-order valence-corrected chi connectivity index (χ0v) is 10.3. The van der Waals surface area contributed by atoms with Gasteiger partial charge in [-0.3, -0.25) is 0 Å². The molecule has 0 aromatic heterocycles. The molecule has 0 bridgehead atoms. The second-order valence-corrected chi connectivity index (χ2v) is 4.60. The van der Waals surface area contributed by atoms with Gasteiger partial charge in [-0.15, -0.1) is 11.6 Å². The number of hydrogen-bond donors (Lipinski definition) is 1. The summed E-state index contributed by atoms with van der Waals surface area (Å²) in [5.74, 6) is 7.42. The minimum absolute atomic E-state index is 0.404. The van der Waals surface area contributed by atoms with Crippen molar-refractivity contribution in [3.63, 3.8) is 0 Å². The Morgan fingerprint density at radius 3 is 2.56 bits per heavy atom. The van der Waals surface area contributed by atoms with Crippen LogP contribution in [0.2, 0.25) is 0 Å². The molecule has 0 saturated heterocycles. The van der Waals surface area contributed by atoms with E-state index in [1.807, 2.05) is 0 Å². The molecule has 1 fully saturated rings. The summed E-state index contributed by atoms with van der Waals surface area (Å²) in [6.07, 6.45) is 3.44. The van der Waals surface area contributed by atoms with Crippen LogP contribution in [0.15, 0.2) is 0 Å². The van der Waals surface area contributed by atoms with Crippen molar-refractivity contribution in [1.29, 1.82) is 0 Å². The van der Waals surface area contributed by atoms with Gasteiger partial charge in [-0.1, -0.05) is 11.8 Å². The molecule has 0 radical (unpaired) electrons. The molecule has 1 rings (SSSR count). The van der Waals surface area contributed by atoms with Gasteiger partial charge < -0.3 is 10.0 Å². The lowest BCUT2D eigenvalue weighted by Crippen LogP contribution is -2.32. The highest BCUT2D eigenvalue weighted by atomic mass is 35.5. The van der Waals surface area contributed by atoms with Gasteiger partial charge in [0, 0.05) is 19.5 Å². The molecule has 0 heterocycles. The van der Waals surface area contributed by atoms with Crippen molar-refractivity contribution in [3.05, 3.63) is 0 Å².